The standard InChI is InChI=1S/C12H10ClF2NO/c13-5-1-2-12-16-7-11(17-12)9-4-3-8(14)6-10(9)15/h3-4,6-7H,1-2,5H2. The van der Waals surface area contributed by atoms with Crippen molar-refractivity contribution in [2.45, 2.75) is 12.8 Å². The van der Waals surface area contributed by atoms with E-state index >= 15 is 0 Å². The van der Waals surface area contributed by atoms with Crippen LogP contribution in [0.15, 0.2) is 28.8 Å². The number of nitrogens with zero attached hydrogens (tertiary/aromatic N) is 1. The molecule has 0 aliphatic carbocycles. The fraction of sp³-hybridized carbons (Fsp3) is 0.250. The Hall–Kier alpha value is -1.42. The van der Waals surface area contributed by atoms with Crippen LogP contribution in [0.4, 0.5) is 8.78 Å². The Morgan fingerprint density at radius 1 is 1.29 bits per heavy atom. The zero-order valence-corrected chi connectivity index (χ0v) is 9.68. The molecule has 0 bridgehead atoms. The Morgan fingerprint density at radius 3 is 2.82 bits per heavy atom. The predicted octanol–water partition coefficient (Wildman–Crippen LogP) is 3.79. The van der Waals surface area contributed by atoms with Crippen molar-refractivity contribution >= 4 is 11.6 Å². The Bertz CT molecular complexity index is 513. The van der Waals surface area contributed by atoms with Crippen molar-refractivity contribution in [2.75, 3.05) is 5.88 Å². The van der Waals surface area contributed by atoms with E-state index in [9.17, 15) is 8.78 Å². The van der Waals surface area contributed by atoms with Crippen molar-refractivity contribution in [1.29, 1.82) is 0 Å². The monoisotopic (exact) mass is 257 g/mol. The fourth-order valence-electron chi connectivity index (χ4n) is 1.46. The minimum Gasteiger partial charge on any atom is -0.441 e. The average Bonchev–Trinajstić information content (AvgIpc) is 2.75. The number of benzene rings is 1. The van der Waals surface area contributed by atoms with Gasteiger partial charge in [-0.1, -0.05) is 0 Å². The third-order valence-electron chi connectivity index (χ3n) is 2.27. The molecular formula is C12H10ClF2NO. The summed E-state index contributed by atoms with van der Waals surface area (Å²) < 4.78 is 31.5. The Balaban J connectivity index is 2.24. The van der Waals surface area contributed by atoms with Gasteiger partial charge < -0.3 is 4.42 Å². The van der Waals surface area contributed by atoms with Gasteiger partial charge in [-0.15, -0.1) is 11.6 Å². The highest BCUT2D eigenvalue weighted by atomic mass is 35.5. The van der Waals surface area contributed by atoms with Crippen LogP contribution in [-0.4, -0.2) is 10.9 Å². The van der Waals surface area contributed by atoms with Crippen LogP contribution in [0.2, 0.25) is 0 Å². The second-order valence-corrected chi connectivity index (χ2v) is 3.91. The molecule has 5 heteroatoms. The lowest BCUT2D eigenvalue weighted by atomic mass is 10.2. The van der Waals surface area contributed by atoms with Crippen LogP contribution in [0.25, 0.3) is 11.3 Å². The number of alkyl halides is 1. The van der Waals surface area contributed by atoms with Gasteiger partial charge in [0, 0.05) is 18.4 Å². The molecule has 0 radical (unpaired) electrons. The molecule has 0 amide bonds. The maximum atomic E-state index is 13.4. The first kappa shape index (κ1) is 12.0. The second kappa shape index (κ2) is 5.27. The third-order valence-corrected chi connectivity index (χ3v) is 2.54. The van der Waals surface area contributed by atoms with Crippen LogP contribution in [0, 0.1) is 11.6 Å². The predicted molar refractivity (Wildman–Crippen MR) is 60.9 cm³/mol. The lowest BCUT2D eigenvalue weighted by Gasteiger charge is -1.98. The molecule has 90 valence electrons. The first-order valence-corrected chi connectivity index (χ1v) is 5.70. The van der Waals surface area contributed by atoms with Crippen molar-refractivity contribution in [3.05, 3.63) is 41.9 Å². The van der Waals surface area contributed by atoms with E-state index in [4.69, 9.17) is 16.0 Å². The maximum absolute atomic E-state index is 13.4. The minimum absolute atomic E-state index is 0.205. The lowest BCUT2D eigenvalue weighted by Crippen LogP contribution is -1.85. The molecule has 0 atom stereocenters. The summed E-state index contributed by atoms with van der Waals surface area (Å²) in [6.45, 7) is 0. The van der Waals surface area contributed by atoms with Gasteiger partial charge in [-0.2, -0.15) is 0 Å². The molecule has 0 aliphatic heterocycles. The van der Waals surface area contributed by atoms with Crippen molar-refractivity contribution in [3.63, 3.8) is 0 Å². The number of aryl methyl sites for hydroxylation is 1. The second-order valence-electron chi connectivity index (χ2n) is 3.53. The molecular weight excluding hydrogens is 248 g/mol. The van der Waals surface area contributed by atoms with Gasteiger partial charge >= 0.3 is 0 Å². The highest BCUT2D eigenvalue weighted by molar-refractivity contribution is 6.17. The van der Waals surface area contributed by atoms with Gasteiger partial charge in [0.05, 0.1) is 11.8 Å². The topological polar surface area (TPSA) is 26.0 Å². The van der Waals surface area contributed by atoms with Crippen LogP contribution in [0.3, 0.4) is 0 Å². The summed E-state index contributed by atoms with van der Waals surface area (Å²) >= 11 is 5.55. The van der Waals surface area contributed by atoms with Gasteiger partial charge in [0.2, 0.25) is 0 Å². The highest BCUT2D eigenvalue weighted by Gasteiger charge is 2.11. The maximum Gasteiger partial charge on any atom is 0.194 e. The lowest BCUT2D eigenvalue weighted by molar-refractivity contribution is 0.498. The summed E-state index contributed by atoms with van der Waals surface area (Å²) in [5.41, 5.74) is 0.205. The largest absolute Gasteiger partial charge is 0.441 e. The van der Waals surface area contributed by atoms with Crippen LogP contribution < -0.4 is 0 Å². The molecule has 2 nitrogen and oxygen atoms in total. The molecule has 1 aromatic carbocycles. The van der Waals surface area contributed by atoms with Gasteiger partial charge in [0.15, 0.2) is 11.7 Å². The summed E-state index contributed by atoms with van der Waals surface area (Å²) in [5, 5.41) is 0. The fourth-order valence-corrected chi connectivity index (χ4v) is 1.59. The van der Waals surface area contributed by atoms with Gasteiger partial charge in [-0.05, 0) is 18.6 Å². The third kappa shape index (κ3) is 2.82. The molecule has 0 fully saturated rings. The van der Waals surface area contributed by atoms with Crippen LogP contribution >= 0.6 is 11.6 Å². The van der Waals surface area contributed by atoms with Crippen molar-refractivity contribution in [3.8, 4) is 11.3 Å². The van der Waals surface area contributed by atoms with Gasteiger partial charge in [-0.3, -0.25) is 0 Å². The summed E-state index contributed by atoms with van der Waals surface area (Å²) in [6.07, 6.45) is 2.78. The molecule has 2 rings (SSSR count). The first-order chi connectivity index (χ1) is 8.20. The van der Waals surface area contributed by atoms with Crippen LogP contribution in [0.1, 0.15) is 12.3 Å². The molecule has 0 saturated carbocycles. The quantitative estimate of drug-likeness (QED) is 0.779. The van der Waals surface area contributed by atoms with E-state index in [-0.39, 0.29) is 5.56 Å². The molecule has 0 spiro atoms. The number of hydrogen-bond acceptors (Lipinski definition) is 2. The van der Waals surface area contributed by atoms with Gasteiger partial charge in [0.1, 0.15) is 11.6 Å². The SMILES string of the molecule is Fc1ccc(-c2cnc(CCCCl)o2)c(F)c1. The Kier molecular flexibility index (Phi) is 3.74. The molecule has 17 heavy (non-hydrogen) atoms. The number of halogens is 3. The molecule has 0 saturated heterocycles. The molecule has 2 aromatic rings. The molecule has 0 N–H and O–H groups in total. The Labute approximate surface area is 102 Å². The summed E-state index contributed by atoms with van der Waals surface area (Å²) in [4.78, 5) is 4.01. The van der Waals surface area contributed by atoms with E-state index in [1.807, 2.05) is 0 Å². The molecule has 1 heterocycles. The summed E-state index contributed by atoms with van der Waals surface area (Å²) in [7, 11) is 0. The smallest absolute Gasteiger partial charge is 0.194 e. The highest BCUT2D eigenvalue weighted by Crippen LogP contribution is 2.24. The van der Waals surface area contributed by atoms with E-state index in [0.717, 1.165) is 12.5 Å². The zero-order valence-electron chi connectivity index (χ0n) is 8.92. The minimum atomic E-state index is -0.662. The van der Waals surface area contributed by atoms with Gasteiger partial charge in [-0.25, -0.2) is 13.8 Å². The summed E-state index contributed by atoms with van der Waals surface area (Å²) in [5.74, 6) is 0.0393. The van der Waals surface area contributed by atoms with Crippen molar-refractivity contribution in [2.24, 2.45) is 0 Å². The first-order valence-electron chi connectivity index (χ1n) is 5.17. The average molecular weight is 258 g/mol. The molecule has 0 aliphatic rings. The van der Waals surface area contributed by atoms with E-state index < -0.39 is 11.6 Å². The van der Waals surface area contributed by atoms with Gasteiger partial charge in [0.25, 0.3) is 0 Å². The Morgan fingerprint density at radius 2 is 2.12 bits per heavy atom. The van der Waals surface area contributed by atoms with Crippen molar-refractivity contribution in [1.82, 2.24) is 4.98 Å². The van der Waals surface area contributed by atoms with Crippen molar-refractivity contribution < 1.29 is 13.2 Å². The summed E-state index contributed by atoms with van der Waals surface area (Å²) in [6, 6.07) is 3.33. The number of oxazole rings is 1. The van der Waals surface area contributed by atoms with E-state index in [1.165, 1.54) is 18.3 Å². The zero-order chi connectivity index (χ0) is 12.3. The normalized spacial score (nSPS) is 10.8. The number of rotatable bonds is 4. The number of hydrogen-bond donors (Lipinski definition) is 0. The van der Waals surface area contributed by atoms with Crippen LogP contribution in [-0.2, 0) is 6.42 Å². The van der Waals surface area contributed by atoms with E-state index in [0.29, 0.717) is 24.0 Å². The van der Waals surface area contributed by atoms with Crippen LogP contribution in [0.5, 0.6) is 0 Å². The number of aromatic nitrogens is 1. The molecule has 1 aromatic heterocycles. The van der Waals surface area contributed by atoms with E-state index in [2.05, 4.69) is 4.98 Å². The van der Waals surface area contributed by atoms with E-state index in [1.54, 1.807) is 0 Å². The molecule has 0 unspecified atom stereocenters.